The van der Waals surface area contributed by atoms with Gasteiger partial charge < -0.3 is 9.84 Å². The van der Waals surface area contributed by atoms with Crippen LogP contribution in [0, 0.1) is 11.7 Å². The first-order valence-electron chi connectivity index (χ1n) is 10.4. The highest BCUT2D eigenvalue weighted by molar-refractivity contribution is 7.19. The van der Waals surface area contributed by atoms with E-state index >= 15 is 0 Å². The van der Waals surface area contributed by atoms with Gasteiger partial charge in [-0.3, -0.25) is 0 Å². The molecule has 1 unspecified atom stereocenters. The van der Waals surface area contributed by atoms with Crippen LogP contribution in [0.1, 0.15) is 40.8 Å². The minimum Gasteiger partial charge on any atom is -0.381 e. The quantitative estimate of drug-likeness (QED) is 0.422. The van der Waals surface area contributed by atoms with E-state index in [1.807, 2.05) is 5.38 Å². The third-order valence-electron chi connectivity index (χ3n) is 5.75. The van der Waals surface area contributed by atoms with Gasteiger partial charge in [0.25, 0.3) is 0 Å². The minimum absolute atomic E-state index is 0.368. The number of hydrogen-bond donors (Lipinski definition) is 1. The van der Waals surface area contributed by atoms with Crippen molar-refractivity contribution in [3.63, 3.8) is 0 Å². The maximum absolute atomic E-state index is 14.8. The summed E-state index contributed by atoms with van der Waals surface area (Å²) in [6, 6.07) is 6.74. The predicted octanol–water partition coefficient (Wildman–Crippen LogP) is 5.39. The van der Waals surface area contributed by atoms with Crippen molar-refractivity contribution in [1.29, 1.82) is 0 Å². The number of thiophene rings is 1. The predicted molar refractivity (Wildman–Crippen MR) is 121 cm³/mol. The van der Waals surface area contributed by atoms with Crippen molar-refractivity contribution in [3.05, 3.63) is 63.4 Å². The number of thiazole rings is 1. The molecule has 1 saturated heterocycles. The Bertz CT molecular complexity index is 1170. The molecule has 8 heteroatoms. The first-order valence-corrected chi connectivity index (χ1v) is 12.1. The lowest BCUT2D eigenvalue weighted by molar-refractivity contribution is 0.0641. The van der Waals surface area contributed by atoms with E-state index < -0.39 is 6.10 Å². The summed E-state index contributed by atoms with van der Waals surface area (Å²) in [7, 11) is 0. The SMILES string of the molecule is OC(c1ccc(F)c(-c2ncnc3cc(CCC4CCOCC4)sc23)c1)c1nccs1. The molecule has 1 fully saturated rings. The summed E-state index contributed by atoms with van der Waals surface area (Å²) in [6.07, 6.45) is 6.59. The van der Waals surface area contributed by atoms with Crippen LogP contribution in [0.15, 0.2) is 42.2 Å². The van der Waals surface area contributed by atoms with Crippen LogP contribution >= 0.6 is 22.7 Å². The molecular formula is C23H22FN3O2S2. The summed E-state index contributed by atoms with van der Waals surface area (Å²) < 4.78 is 21.2. The van der Waals surface area contributed by atoms with Gasteiger partial charge in [0.05, 0.1) is 15.9 Å². The summed E-state index contributed by atoms with van der Waals surface area (Å²) in [5, 5.41) is 13.0. The molecule has 1 N–H and O–H groups in total. The number of halogens is 1. The maximum Gasteiger partial charge on any atom is 0.132 e. The lowest BCUT2D eigenvalue weighted by Gasteiger charge is -2.21. The van der Waals surface area contributed by atoms with E-state index in [9.17, 15) is 9.50 Å². The van der Waals surface area contributed by atoms with Crippen molar-refractivity contribution in [2.75, 3.05) is 13.2 Å². The number of aromatic nitrogens is 3. The van der Waals surface area contributed by atoms with Gasteiger partial charge in [-0.25, -0.2) is 19.3 Å². The van der Waals surface area contributed by atoms with Crippen molar-refractivity contribution in [2.24, 2.45) is 5.92 Å². The third-order valence-corrected chi connectivity index (χ3v) is 7.77. The zero-order valence-corrected chi connectivity index (χ0v) is 18.5. The molecule has 5 rings (SSSR count). The fourth-order valence-corrected chi connectivity index (χ4v) is 5.78. The molecule has 1 aliphatic heterocycles. The molecule has 4 aromatic rings. The molecule has 3 aromatic heterocycles. The van der Waals surface area contributed by atoms with Crippen LogP contribution in [0.5, 0.6) is 0 Å². The molecule has 1 atom stereocenters. The van der Waals surface area contributed by atoms with E-state index in [2.05, 4.69) is 21.0 Å². The van der Waals surface area contributed by atoms with E-state index in [0.29, 0.717) is 27.7 Å². The van der Waals surface area contributed by atoms with Gasteiger partial charge in [-0.15, -0.1) is 22.7 Å². The second-order valence-corrected chi connectivity index (χ2v) is 9.82. The Hall–Kier alpha value is -2.26. The number of rotatable bonds is 6. The standard InChI is InChI=1S/C23H22FN3O2S2/c24-18-4-2-15(21(28)23-25-7-10-30-23)11-17(18)20-22-19(26-13-27-20)12-16(31-22)3-1-14-5-8-29-9-6-14/h2,4,7,10-14,21,28H,1,3,5-6,8-9H2. The number of aliphatic hydroxyl groups is 1. The Morgan fingerprint density at radius 3 is 2.84 bits per heavy atom. The van der Waals surface area contributed by atoms with Gasteiger partial charge in [-0.05, 0) is 55.4 Å². The van der Waals surface area contributed by atoms with Crippen molar-refractivity contribution in [3.8, 4) is 11.3 Å². The molecule has 1 aliphatic rings. The Balaban J connectivity index is 1.45. The monoisotopic (exact) mass is 455 g/mol. The van der Waals surface area contributed by atoms with Crippen LogP contribution in [0.2, 0.25) is 0 Å². The first-order chi connectivity index (χ1) is 15.2. The van der Waals surface area contributed by atoms with Crippen molar-refractivity contribution < 1.29 is 14.2 Å². The number of aryl methyl sites for hydroxylation is 1. The molecule has 160 valence electrons. The number of nitrogens with zero attached hydrogens (tertiary/aromatic N) is 3. The molecule has 31 heavy (non-hydrogen) atoms. The number of hydrogen-bond acceptors (Lipinski definition) is 7. The minimum atomic E-state index is -0.893. The number of aliphatic hydroxyl groups excluding tert-OH is 1. The topological polar surface area (TPSA) is 68.1 Å². The number of ether oxygens (including phenoxy) is 1. The molecule has 0 bridgehead atoms. The lowest BCUT2D eigenvalue weighted by atomic mass is 9.95. The van der Waals surface area contributed by atoms with Gasteiger partial charge in [0.1, 0.15) is 23.3 Å². The maximum atomic E-state index is 14.8. The smallest absolute Gasteiger partial charge is 0.132 e. The van der Waals surface area contributed by atoms with Gasteiger partial charge in [0.15, 0.2) is 0 Å². The van der Waals surface area contributed by atoms with Crippen molar-refractivity contribution in [2.45, 2.75) is 31.8 Å². The third kappa shape index (κ3) is 4.39. The van der Waals surface area contributed by atoms with Crippen LogP contribution in [0.3, 0.4) is 0 Å². The van der Waals surface area contributed by atoms with Crippen molar-refractivity contribution in [1.82, 2.24) is 15.0 Å². The van der Waals surface area contributed by atoms with E-state index in [0.717, 1.165) is 49.1 Å². The van der Waals surface area contributed by atoms with E-state index in [1.54, 1.807) is 29.7 Å². The van der Waals surface area contributed by atoms with Crippen molar-refractivity contribution >= 4 is 32.9 Å². The molecule has 5 nitrogen and oxygen atoms in total. The molecule has 0 aliphatic carbocycles. The lowest BCUT2D eigenvalue weighted by Crippen LogP contribution is -2.15. The number of benzene rings is 1. The average Bonchev–Trinajstić information content (AvgIpc) is 3.48. The zero-order valence-electron chi connectivity index (χ0n) is 16.8. The highest BCUT2D eigenvalue weighted by Gasteiger charge is 2.20. The molecule has 0 saturated carbocycles. The Morgan fingerprint density at radius 2 is 2.03 bits per heavy atom. The van der Waals surface area contributed by atoms with Gasteiger partial charge in [-0.2, -0.15) is 0 Å². The van der Waals surface area contributed by atoms with Gasteiger partial charge >= 0.3 is 0 Å². The molecule has 0 spiro atoms. The van der Waals surface area contributed by atoms with Crippen LogP contribution in [0.4, 0.5) is 4.39 Å². The van der Waals surface area contributed by atoms with Crippen LogP contribution in [0.25, 0.3) is 21.5 Å². The second-order valence-electron chi connectivity index (χ2n) is 7.76. The summed E-state index contributed by atoms with van der Waals surface area (Å²) >= 11 is 3.00. The molecule has 0 radical (unpaired) electrons. The van der Waals surface area contributed by atoms with E-state index in [1.165, 1.54) is 28.6 Å². The number of fused-ring (bicyclic) bond motifs is 1. The summed E-state index contributed by atoms with van der Waals surface area (Å²) in [6.45, 7) is 1.71. The first kappa shape index (κ1) is 20.6. The largest absolute Gasteiger partial charge is 0.381 e. The van der Waals surface area contributed by atoms with Crippen LogP contribution in [-0.4, -0.2) is 33.3 Å². The molecule has 4 heterocycles. The van der Waals surface area contributed by atoms with E-state index in [4.69, 9.17) is 4.74 Å². The second kappa shape index (κ2) is 9.08. The fraction of sp³-hybridized carbons (Fsp3) is 0.348. The van der Waals surface area contributed by atoms with Gasteiger partial charge in [0, 0.05) is 35.2 Å². The average molecular weight is 456 g/mol. The van der Waals surface area contributed by atoms with E-state index in [-0.39, 0.29) is 5.82 Å². The summed E-state index contributed by atoms with van der Waals surface area (Å²) in [5.74, 6) is 0.332. The van der Waals surface area contributed by atoms with Crippen LogP contribution < -0.4 is 0 Å². The Labute approximate surface area is 187 Å². The Morgan fingerprint density at radius 1 is 1.16 bits per heavy atom. The summed E-state index contributed by atoms with van der Waals surface area (Å²) in [5.41, 5.74) is 2.37. The van der Waals surface area contributed by atoms with Gasteiger partial charge in [-0.1, -0.05) is 6.07 Å². The highest BCUT2D eigenvalue weighted by Crippen LogP contribution is 2.36. The highest BCUT2D eigenvalue weighted by atomic mass is 32.1. The molecule has 1 aromatic carbocycles. The van der Waals surface area contributed by atoms with Gasteiger partial charge in [0.2, 0.25) is 0 Å². The normalized spacial score (nSPS) is 16.1. The fourth-order valence-electron chi connectivity index (χ4n) is 4.01. The van der Waals surface area contributed by atoms with Crippen LogP contribution in [-0.2, 0) is 11.2 Å². The molecular weight excluding hydrogens is 433 g/mol. The molecule has 0 amide bonds. The zero-order chi connectivity index (χ0) is 21.2. The Kier molecular flexibility index (Phi) is 6.04. The summed E-state index contributed by atoms with van der Waals surface area (Å²) in [4.78, 5) is 14.2.